The Labute approximate surface area is 96.2 Å². The van der Waals surface area contributed by atoms with Crippen molar-refractivity contribution in [2.75, 3.05) is 6.54 Å². The molecule has 96 valence electrons. The molecule has 0 spiro atoms. The molecule has 1 aliphatic heterocycles. The quantitative estimate of drug-likeness (QED) is 0.319. The lowest BCUT2D eigenvalue weighted by Gasteiger charge is -2.14. The Morgan fingerprint density at radius 3 is 2.35 bits per heavy atom. The highest BCUT2D eigenvalue weighted by atomic mass is 16.6. The molecule has 1 heterocycles. The number of carbonyl (C=O) groups excluding carboxylic acids is 2. The Kier molecular flexibility index (Phi) is 4.55. The SMILES string of the molecule is O=C(O)C(O)C(O)C(=O)OC(=O)[C@H]1CCCN1. The monoisotopic (exact) mass is 247 g/mol. The first-order valence-electron chi connectivity index (χ1n) is 5.01. The largest absolute Gasteiger partial charge is 0.479 e. The van der Waals surface area contributed by atoms with Crippen molar-refractivity contribution in [2.24, 2.45) is 0 Å². The van der Waals surface area contributed by atoms with Gasteiger partial charge in [0.05, 0.1) is 0 Å². The number of hydrogen-bond acceptors (Lipinski definition) is 7. The van der Waals surface area contributed by atoms with Crippen LogP contribution in [-0.2, 0) is 19.1 Å². The van der Waals surface area contributed by atoms with Crippen LogP contribution in [0, 0.1) is 0 Å². The number of ether oxygens (including phenoxy) is 1. The first-order valence-corrected chi connectivity index (χ1v) is 5.01. The van der Waals surface area contributed by atoms with E-state index >= 15 is 0 Å². The number of carbonyl (C=O) groups is 3. The molecule has 1 aliphatic rings. The molecular formula is C9H13NO7. The number of hydrogen-bond donors (Lipinski definition) is 4. The highest BCUT2D eigenvalue weighted by Crippen LogP contribution is 2.07. The standard InChI is InChI=1S/C9H13NO7/c11-5(7(13)14)6(12)9(16)17-8(15)4-2-1-3-10-4/h4-6,10-12H,1-3H2,(H,13,14)/t4-,5?,6?/m1/s1. The summed E-state index contributed by atoms with van der Waals surface area (Å²) >= 11 is 0. The van der Waals surface area contributed by atoms with Crippen molar-refractivity contribution in [1.82, 2.24) is 5.32 Å². The average Bonchev–Trinajstić information content (AvgIpc) is 2.80. The second-order valence-electron chi connectivity index (χ2n) is 3.62. The summed E-state index contributed by atoms with van der Waals surface area (Å²) in [5.41, 5.74) is 0. The molecular weight excluding hydrogens is 234 g/mol. The van der Waals surface area contributed by atoms with Crippen LogP contribution in [0.3, 0.4) is 0 Å². The van der Waals surface area contributed by atoms with Crippen molar-refractivity contribution in [3.05, 3.63) is 0 Å². The minimum atomic E-state index is -2.31. The summed E-state index contributed by atoms with van der Waals surface area (Å²) < 4.78 is 4.25. The van der Waals surface area contributed by atoms with E-state index in [1.807, 2.05) is 0 Å². The van der Waals surface area contributed by atoms with Gasteiger partial charge in [-0.1, -0.05) is 0 Å². The van der Waals surface area contributed by atoms with Gasteiger partial charge in [-0.15, -0.1) is 0 Å². The van der Waals surface area contributed by atoms with E-state index in [0.717, 1.165) is 6.42 Å². The van der Waals surface area contributed by atoms with Crippen LogP contribution in [-0.4, -0.2) is 58.0 Å². The number of aliphatic hydroxyl groups is 2. The summed E-state index contributed by atoms with van der Waals surface area (Å²) in [6.45, 7) is 0.619. The topological polar surface area (TPSA) is 133 Å². The number of aliphatic hydroxyl groups excluding tert-OH is 2. The third-order valence-corrected chi connectivity index (χ3v) is 2.34. The summed E-state index contributed by atoms with van der Waals surface area (Å²) in [4.78, 5) is 32.7. The molecule has 0 aliphatic carbocycles. The van der Waals surface area contributed by atoms with E-state index in [2.05, 4.69) is 10.1 Å². The maximum atomic E-state index is 11.3. The summed E-state index contributed by atoms with van der Waals surface area (Å²) in [6.07, 6.45) is -3.33. The van der Waals surface area contributed by atoms with Gasteiger partial charge in [0.2, 0.25) is 0 Å². The number of carboxylic acid groups (broad SMARTS) is 1. The maximum absolute atomic E-state index is 11.3. The van der Waals surface area contributed by atoms with Crippen LogP contribution in [0.5, 0.6) is 0 Å². The van der Waals surface area contributed by atoms with Gasteiger partial charge in [0, 0.05) is 0 Å². The van der Waals surface area contributed by atoms with Crippen molar-refractivity contribution >= 4 is 17.9 Å². The average molecular weight is 247 g/mol. The molecule has 3 atom stereocenters. The molecule has 0 aromatic heterocycles. The predicted molar refractivity (Wildman–Crippen MR) is 51.8 cm³/mol. The fraction of sp³-hybridized carbons (Fsp3) is 0.667. The summed E-state index contributed by atoms with van der Waals surface area (Å²) in [6, 6.07) is -0.631. The van der Waals surface area contributed by atoms with Crippen molar-refractivity contribution in [1.29, 1.82) is 0 Å². The molecule has 0 aromatic carbocycles. The van der Waals surface area contributed by atoms with Crippen molar-refractivity contribution in [3.63, 3.8) is 0 Å². The molecule has 8 heteroatoms. The van der Waals surface area contributed by atoms with Gasteiger partial charge in [-0.25, -0.2) is 14.4 Å². The minimum Gasteiger partial charge on any atom is -0.479 e. The Balaban J connectivity index is 2.47. The maximum Gasteiger partial charge on any atom is 0.346 e. The molecule has 0 saturated carbocycles. The van der Waals surface area contributed by atoms with Crippen LogP contribution in [0.1, 0.15) is 12.8 Å². The normalized spacial score (nSPS) is 22.8. The van der Waals surface area contributed by atoms with Gasteiger partial charge >= 0.3 is 17.9 Å². The molecule has 0 radical (unpaired) electrons. The van der Waals surface area contributed by atoms with E-state index in [-0.39, 0.29) is 0 Å². The smallest absolute Gasteiger partial charge is 0.346 e. The van der Waals surface area contributed by atoms with E-state index < -0.39 is 36.2 Å². The van der Waals surface area contributed by atoms with E-state index in [4.69, 9.17) is 15.3 Å². The Morgan fingerprint density at radius 2 is 1.88 bits per heavy atom. The molecule has 0 amide bonds. The molecule has 17 heavy (non-hydrogen) atoms. The fourth-order valence-corrected chi connectivity index (χ4v) is 1.38. The molecule has 1 fully saturated rings. The van der Waals surface area contributed by atoms with Gasteiger partial charge in [0.25, 0.3) is 0 Å². The molecule has 1 saturated heterocycles. The molecule has 0 aromatic rings. The Hall–Kier alpha value is -1.51. The summed E-state index contributed by atoms with van der Waals surface area (Å²) in [5.74, 6) is -4.14. The number of aliphatic carboxylic acids is 1. The van der Waals surface area contributed by atoms with Crippen molar-refractivity contribution in [2.45, 2.75) is 31.1 Å². The lowest BCUT2D eigenvalue weighted by molar-refractivity contribution is -0.176. The van der Waals surface area contributed by atoms with Crippen LogP contribution < -0.4 is 5.32 Å². The van der Waals surface area contributed by atoms with Gasteiger partial charge in [-0.05, 0) is 19.4 Å². The second-order valence-corrected chi connectivity index (χ2v) is 3.62. The first kappa shape index (κ1) is 13.6. The Bertz CT molecular complexity index is 323. The van der Waals surface area contributed by atoms with Crippen LogP contribution >= 0.6 is 0 Å². The molecule has 4 N–H and O–H groups in total. The third kappa shape index (κ3) is 3.48. The van der Waals surface area contributed by atoms with Crippen molar-refractivity contribution < 1.29 is 34.4 Å². The van der Waals surface area contributed by atoms with Crippen molar-refractivity contribution in [3.8, 4) is 0 Å². The summed E-state index contributed by atoms with van der Waals surface area (Å²) in [5, 5.41) is 29.0. The predicted octanol–water partition coefficient (Wildman–Crippen LogP) is -2.39. The highest BCUT2D eigenvalue weighted by molar-refractivity contribution is 5.93. The van der Waals surface area contributed by atoms with Crippen LogP contribution in [0.2, 0.25) is 0 Å². The lowest BCUT2D eigenvalue weighted by Crippen LogP contribution is -2.43. The number of carboxylic acids is 1. The first-order chi connectivity index (χ1) is 7.93. The number of nitrogens with one attached hydrogen (secondary N) is 1. The van der Waals surface area contributed by atoms with Crippen LogP contribution in [0.4, 0.5) is 0 Å². The molecule has 1 rings (SSSR count). The van der Waals surface area contributed by atoms with E-state index in [1.54, 1.807) is 0 Å². The molecule has 2 unspecified atom stereocenters. The number of esters is 2. The molecule has 8 nitrogen and oxygen atoms in total. The summed E-state index contributed by atoms with van der Waals surface area (Å²) in [7, 11) is 0. The van der Waals surface area contributed by atoms with Crippen LogP contribution in [0.15, 0.2) is 0 Å². The minimum absolute atomic E-state index is 0.504. The fourth-order valence-electron chi connectivity index (χ4n) is 1.38. The van der Waals surface area contributed by atoms with Gasteiger partial charge < -0.3 is 25.4 Å². The van der Waals surface area contributed by atoms with Gasteiger partial charge in [0.1, 0.15) is 6.04 Å². The number of rotatable bonds is 4. The lowest BCUT2D eigenvalue weighted by atomic mass is 10.2. The zero-order chi connectivity index (χ0) is 13.0. The van der Waals surface area contributed by atoms with Gasteiger partial charge in [0.15, 0.2) is 12.2 Å². The third-order valence-electron chi connectivity index (χ3n) is 2.34. The highest BCUT2D eigenvalue weighted by Gasteiger charge is 2.34. The second kappa shape index (κ2) is 5.71. The van der Waals surface area contributed by atoms with Crippen LogP contribution in [0.25, 0.3) is 0 Å². The van der Waals surface area contributed by atoms with E-state index in [9.17, 15) is 14.4 Å². The van der Waals surface area contributed by atoms with E-state index in [0.29, 0.717) is 13.0 Å². The van der Waals surface area contributed by atoms with E-state index in [1.165, 1.54) is 0 Å². The molecule has 0 bridgehead atoms. The zero-order valence-electron chi connectivity index (χ0n) is 8.83. The van der Waals surface area contributed by atoms with Gasteiger partial charge in [-0.2, -0.15) is 0 Å². The zero-order valence-corrected chi connectivity index (χ0v) is 8.83. The Morgan fingerprint density at radius 1 is 1.24 bits per heavy atom. The van der Waals surface area contributed by atoms with Gasteiger partial charge in [-0.3, -0.25) is 0 Å².